The fourth-order valence-electron chi connectivity index (χ4n) is 1.92. The van der Waals surface area contributed by atoms with E-state index in [0.29, 0.717) is 22.9 Å². The number of ether oxygens (including phenoxy) is 3. The van der Waals surface area contributed by atoms with E-state index in [1.54, 1.807) is 39.3 Å². The zero-order valence-electron chi connectivity index (χ0n) is 13.1. The summed E-state index contributed by atoms with van der Waals surface area (Å²) in [6, 6.07) is 12.5. The van der Waals surface area contributed by atoms with Gasteiger partial charge in [-0.2, -0.15) is 0 Å². The second-order valence-electron chi connectivity index (χ2n) is 4.81. The predicted octanol–water partition coefficient (Wildman–Crippen LogP) is 3.87. The molecule has 0 heterocycles. The molecule has 1 atom stereocenters. The van der Waals surface area contributed by atoms with Crippen molar-refractivity contribution in [1.82, 2.24) is 0 Å². The molecule has 0 aromatic heterocycles. The van der Waals surface area contributed by atoms with Crippen LogP contribution in [0.3, 0.4) is 0 Å². The summed E-state index contributed by atoms with van der Waals surface area (Å²) in [5, 5.41) is 2.80. The maximum Gasteiger partial charge on any atom is 0.265 e. The Morgan fingerprint density at radius 3 is 2.22 bits per heavy atom. The number of hydrogen-bond acceptors (Lipinski definition) is 4. The molecule has 0 radical (unpaired) electrons. The van der Waals surface area contributed by atoms with E-state index in [2.05, 4.69) is 21.2 Å². The fraction of sp³-hybridized carbons (Fsp3) is 0.235. The van der Waals surface area contributed by atoms with Crippen LogP contribution in [-0.2, 0) is 4.79 Å². The van der Waals surface area contributed by atoms with Crippen molar-refractivity contribution in [2.24, 2.45) is 0 Å². The quantitative estimate of drug-likeness (QED) is 0.827. The molecule has 0 saturated carbocycles. The molecule has 0 bridgehead atoms. The van der Waals surface area contributed by atoms with Crippen LogP contribution in [0.25, 0.3) is 0 Å². The van der Waals surface area contributed by atoms with Crippen LogP contribution >= 0.6 is 15.9 Å². The summed E-state index contributed by atoms with van der Waals surface area (Å²) in [5.74, 6) is 1.45. The molecule has 6 heteroatoms. The molecular formula is C17H18BrNO4. The van der Waals surface area contributed by atoms with E-state index in [0.717, 1.165) is 4.47 Å². The lowest BCUT2D eigenvalue weighted by Crippen LogP contribution is -2.30. The number of carbonyl (C=O) groups is 1. The van der Waals surface area contributed by atoms with Gasteiger partial charge in [-0.1, -0.05) is 22.0 Å². The number of hydrogen-bond donors (Lipinski definition) is 1. The Morgan fingerprint density at radius 2 is 1.65 bits per heavy atom. The number of nitrogens with one attached hydrogen (secondary N) is 1. The zero-order chi connectivity index (χ0) is 16.8. The number of methoxy groups -OCH3 is 2. The van der Waals surface area contributed by atoms with Gasteiger partial charge in [-0.3, -0.25) is 4.79 Å². The van der Waals surface area contributed by atoms with E-state index in [4.69, 9.17) is 14.2 Å². The van der Waals surface area contributed by atoms with Crippen molar-refractivity contribution in [3.05, 3.63) is 46.9 Å². The van der Waals surface area contributed by atoms with Gasteiger partial charge in [-0.25, -0.2) is 0 Å². The molecular weight excluding hydrogens is 362 g/mol. The summed E-state index contributed by atoms with van der Waals surface area (Å²) in [7, 11) is 3.11. The minimum atomic E-state index is -0.675. The van der Waals surface area contributed by atoms with Crippen molar-refractivity contribution >= 4 is 27.5 Å². The van der Waals surface area contributed by atoms with Crippen LogP contribution in [0, 0.1) is 0 Å². The normalized spacial score (nSPS) is 11.5. The van der Waals surface area contributed by atoms with Crippen LogP contribution in [0.1, 0.15) is 6.92 Å². The first kappa shape index (κ1) is 17.1. The van der Waals surface area contributed by atoms with Crippen molar-refractivity contribution < 1.29 is 19.0 Å². The Hall–Kier alpha value is -2.21. The highest BCUT2D eigenvalue weighted by molar-refractivity contribution is 9.10. The monoisotopic (exact) mass is 379 g/mol. The van der Waals surface area contributed by atoms with Crippen LogP contribution < -0.4 is 19.5 Å². The molecule has 0 saturated heterocycles. The lowest BCUT2D eigenvalue weighted by atomic mass is 10.2. The summed E-state index contributed by atoms with van der Waals surface area (Å²) in [4.78, 5) is 12.2. The minimum absolute atomic E-state index is 0.245. The van der Waals surface area contributed by atoms with Gasteiger partial charge in [0.2, 0.25) is 0 Å². The number of halogens is 1. The third-order valence-electron chi connectivity index (χ3n) is 3.10. The third kappa shape index (κ3) is 4.89. The maximum absolute atomic E-state index is 12.2. The maximum atomic E-state index is 12.2. The van der Waals surface area contributed by atoms with E-state index in [1.165, 1.54) is 0 Å². The Balaban J connectivity index is 2.06. The Kier molecular flexibility index (Phi) is 5.87. The molecule has 0 unspecified atom stereocenters. The Bertz CT molecular complexity index is 668. The first-order valence-corrected chi connectivity index (χ1v) is 7.77. The molecule has 1 N–H and O–H groups in total. The number of benzene rings is 2. The molecule has 2 aromatic carbocycles. The summed E-state index contributed by atoms with van der Waals surface area (Å²) in [5.41, 5.74) is 0.697. The van der Waals surface area contributed by atoms with Crippen LogP contribution in [-0.4, -0.2) is 26.2 Å². The summed E-state index contributed by atoms with van der Waals surface area (Å²) >= 11 is 3.36. The topological polar surface area (TPSA) is 56.8 Å². The predicted molar refractivity (Wildman–Crippen MR) is 92.4 cm³/mol. The van der Waals surface area contributed by atoms with Crippen molar-refractivity contribution in [3.63, 3.8) is 0 Å². The average Bonchev–Trinajstić information content (AvgIpc) is 2.54. The van der Waals surface area contributed by atoms with Gasteiger partial charge in [0.1, 0.15) is 17.2 Å². The van der Waals surface area contributed by atoms with Gasteiger partial charge in [-0.15, -0.1) is 0 Å². The highest BCUT2D eigenvalue weighted by atomic mass is 79.9. The molecule has 0 spiro atoms. The number of carbonyl (C=O) groups excluding carboxylic acids is 1. The molecule has 0 aliphatic carbocycles. The highest BCUT2D eigenvalue weighted by Crippen LogP contribution is 2.28. The van der Waals surface area contributed by atoms with Crippen LogP contribution in [0.15, 0.2) is 46.9 Å². The minimum Gasteiger partial charge on any atom is -0.496 e. The molecule has 0 aliphatic heterocycles. The van der Waals surface area contributed by atoms with Gasteiger partial charge in [-0.05, 0) is 25.1 Å². The smallest absolute Gasteiger partial charge is 0.265 e. The van der Waals surface area contributed by atoms with Gasteiger partial charge in [0.25, 0.3) is 5.91 Å². The first-order chi connectivity index (χ1) is 11.0. The fourth-order valence-corrected chi connectivity index (χ4v) is 2.32. The SMILES string of the molecule is COc1cc(OC)cc(O[C@H](C)C(=O)Nc2cccc(Br)c2)c1. The number of rotatable bonds is 6. The van der Waals surface area contributed by atoms with E-state index < -0.39 is 6.10 Å². The van der Waals surface area contributed by atoms with Gasteiger partial charge < -0.3 is 19.5 Å². The average molecular weight is 380 g/mol. The lowest BCUT2D eigenvalue weighted by Gasteiger charge is -2.16. The van der Waals surface area contributed by atoms with Crippen molar-refractivity contribution in [2.75, 3.05) is 19.5 Å². The summed E-state index contributed by atoms with van der Waals surface area (Å²) in [6.45, 7) is 1.68. The van der Waals surface area contributed by atoms with Crippen LogP contribution in [0.5, 0.6) is 17.2 Å². The molecule has 23 heavy (non-hydrogen) atoms. The standard InChI is InChI=1S/C17H18BrNO4/c1-11(17(20)19-13-6-4-5-12(18)7-13)23-16-9-14(21-2)8-15(10-16)22-3/h4-11H,1-3H3,(H,19,20)/t11-/m1/s1. The second kappa shape index (κ2) is 7.87. The zero-order valence-corrected chi connectivity index (χ0v) is 14.7. The van der Waals surface area contributed by atoms with Gasteiger partial charge in [0.05, 0.1) is 14.2 Å². The molecule has 122 valence electrons. The number of amides is 1. The Morgan fingerprint density at radius 1 is 1.04 bits per heavy atom. The van der Waals surface area contributed by atoms with E-state index in [9.17, 15) is 4.79 Å². The third-order valence-corrected chi connectivity index (χ3v) is 3.59. The summed E-state index contributed by atoms with van der Waals surface area (Å²) < 4.78 is 16.9. The molecule has 2 rings (SSSR count). The first-order valence-electron chi connectivity index (χ1n) is 6.98. The molecule has 0 fully saturated rings. The lowest BCUT2D eigenvalue weighted by molar-refractivity contribution is -0.122. The molecule has 5 nitrogen and oxygen atoms in total. The van der Waals surface area contributed by atoms with E-state index in [-0.39, 0.29) is 5.91 Å². The van der Waals surface area contributed by atoms with Gasteiger partial charge in [0, 0.05) is 28.4 Å². The van der Waals surface area contributed by atoms with Crippen molar-refractivity contribution in [1.29, 1.82) is 0 Å². The van der Waals surface area contributed by atoms with Crippen molar-refractivity contribution in [2.45, 2.75) is 13.0 Å². The largest absolute Gasteiger partial charge is 0.496 e. The van der Waals surface area contributed by atoms with Gasteiger partial charge in [0.15, 0.2) is 6.10 Å². The molecule has 1 amide bonds. The van der Waals surface area contributed by atoms with Crippen LogP contribution in [0.2, 0.25) is 0 Å². The van der Waals surface area contributed by atoms with Gasteiger partial charge >= 0.3 is 0 Å². The molecule has 0 aliphatic rings. The highest BCUT2D eigenvalue weighted by Gasteiger charge is 2.16. The number of anilines is 1. The molecule has 2 aromatic rings. The second-order valence-corrected chi connectivity index (χ2v) is 5.72. The summed E-state index contributed by atoms with van der Waals surface area (Å²) in [6.07, 6.45) is -0.675. The van der Waals surface area contributed by atoms with E-state index in [1.807, 2.05) is 24.3 Å². The Labute approximate surface area is 143 Å². The van der Waals surface area contributed by atoms with Crippen molar-refractivity contribution in [3.8, 4) is 17.2 Å². The van der Waals surface area contributed by atoms with Crippen LogP contribution in [0.4, 0.5) is 5.69 Å². The van der Waals surface area contributed by atoms with E-state index >= 15 is 0 Å².